The molecule has 0 radical (unpaired) electrons. The van der Waals surface area contributed by atoms with Gasteiger partial charge in [-0.3, -0.25) is 4.79 Å². The van der Waals surface area contributed by atoms with Crippen LogP contribution in [0.25, 0.3) is 0 Å². The Morgan fingerprint density at radius 2 is 2.43 bits per heavy atom. The summed E-state index contributed by atoms with van der Waals surface area (Å²) in [6.07, 6.45) is 7.36. The quantitative estimate of drug-likeness (QED) is 0.663. The van der Waals surface area contributed by atoms with E-state index in [4.69, 9.17) is 6.42 Å². The molecule has 1 amide bonds. The van der Waals surface area contributed by atoms with E-state index in [1.807, 2.05) is 13.8 Å². The van der Waals surface area contributed by atoms with Crippen LogP contribution in [0.1, 0.15) is 26.7 Å². The summed E-state index contributed by atoms with van der Waals surface area (Å²) < 4.78 is -0.215. The van der Waals surface area contributed by atoms with Crippen LogP contribution in [0, 0.1) is 12.3 Å². The van der Waals surface area contributed by atoms with Crippen LogP contribution < -0.4 is 0 Å². The molecule has 1 saturated heterocycles. The second kappa shape index (κ2) is 4.75. The average Bonchev–Trinajstić information content (AvgIpc) is 2.62. The Hall–Kier alpha value is -0.620. The van der Waals surface area contributed by atoms with E-state index in [1.165, 1.54) is 0 Å². The first-order valence-corrected chi connectivity index (χ1v) is 5.99. The molecule has 1 unspecified atom stereocenters. The first kappa shape index (κ1) is 11.5. The van der Waals surface area contributed by atoms with Gasteiger partial charge in [0.05, 0.1) is 11.3 Å². The highest BCUT2D eigenvalue weighted by Gasteiger charge is 2.39. The first-order chi connectivity index (χ1) is 6.64. The molecule has 1 aliphatic heterocycles. The van der Waals surface area contributed by atoms with Crippen LogP contribution in [-0.2, 0) is 4.79 Å². The normalized spacial score (nSPS) is 25.8. The van der Waals surface area contributed by atoms with Crippen LogP contribution in [0.3, 0.4) is 0 Å². The van der Waals surface area contributed by atoms with E-state index < -0.39 is 0 Å². The van der Waals surface area contributed by atoms with Crippen molar-refractivity contribution < 1.29 is 4.79 Å². The van der Waals surface area contributed by atoms with E-state index in [-0.39, 0.29) is 10.7 Å². The summed E-state index contributed by atoms with van der Waals surface area (Å²) in [5.74, 6) is 3.84. The molecule has 1 fully saturated rings. The Balaban J connectivity index is 2.67. The van der Waals surface area contributed by atoms with E-state index in [0.29, 0.717) is 13.1 Å². The highest BCUT2D eigenvalue weighted by molar-refractivity contribution is 8.01. The monoisotopic (exact) mass is 211 g/mol. The standard InChI is InChI=1S/C11H17NOS/c1-4-8-12(5-2)10(13)11(3)7-6-9-14-11/h1H,5-9H2,2-3H3. The summed E-state index contributed by atoms with van der Waals surface area (Å²) in [7, 11) is 0. The van der Waals surface area contributed by atoms with Crippen LogP contribution in [0.2, 0.25) is 0 Å². The third-order valence-electron chi connectivity index (χ3n) is 2.62. The van der Waals surface area contributed by atoms with Crippen molar-refractivity contribution in [2.75, 3.05) is 18.8 Å². The summed E-state index contributed by atoms with van der Waals surface area (Å²) in [5, 5.41) is 0. The van der Waals surface area contributed by atoms with Crippen molar-refractivity contribution >= 4 is 17.7 Å². The third kappa shape index (κ3) is 2.24. The Kier molecular flexibility index (Phi) is 3.88. The van der Waals surface area contributed by atoms with Crippen molar-refractivity contribution in [1.29, 1.82) is 0 Å². The maximum absolute atomic E-state index is 12.1. The molecule has 14 heavy (non-hydrogen) atoms. The molecule has 1 rings (SSSR count). The number of carbonyl (C=O) groups excluding carboxylic acids is 1. The lowest BCUT2D eigenvalue weighted by Crippen LogP contribution is -2.43. The summed E-state index contributed by atoms with van der Waals surface area (Å²) in [5.41, 5.74) is 0. The lowest BCUT2D eigenvalue weighted by atomic mass is 10.0. The van der Waals surface area contributed by atoms with Crippen LogP contribution in [0.4, 0.5) is 0 Å². The van der Waals surface area contributed by atoms with Crippen molar-refractivity contribution in [3.63, 3.8) is 0 Å². The zero-order chi connectivity index (χ0) is 10.6. The highest BCUT2D eigenvalue weighted by Crippen LogP contribution is 2.39. The molecule has 0 aromatic carbocycles. The van der Waals surface area contributed by atoms with Gasteiger partial charge in [0.2, 0.25) is 5.91 Å². The number of hydrogen-bond donors (Lipinski definition) is 0. The molecule has 0 aromatic rings. The number of rotatable bonds is 3. The highest BCUT2D eigenvalue weighted by atomic mass is 32.2. The summed E-state index contributed by atoms with van der Waals surface area (Å²) in [4.78, 5) is 13.9. The van der Waals surface area contributed by atoms with Gasteiger partial charge in [-0.1, -0.05) is 5.92 Å². The molecule has 0 saturated carbocycles. The average molecular weight is 211 g/mol. The largest absolute Gasteiger partial charge is 0.331 e. The van der Waals surface area contributed by atoms with Crippen LogP contribution in [0.5, 0.6) is 0 Å². The molecule has 1 atom stereocenters. The third-order valence-corrected chi connectivity index (χ3v) is 4.13. The van der Waals surface area contributed by atoms with Crippen molar-refractivity contribution in [2.24, 2.45) is 0 Å². The van der Waals surface area contributed by atoms with Gasteiger partial charge in [0.25, 0.3) is 0 Å². The van der Waals surface area contributed by atoms with Gasteiger partial charge in [0.15, 0.2) is 0 Å². The number of thioether (sulfide) groups is 1. The van der Waals surface area contributed by atoms with Gasteiger partial charge in [-0.25, -0.2) is 0 Å². The molecule has 3 heteroatoms. The molecule has 1 aliphatic rings. The molecule has 0 aromatic heterocycles. The van der Waals surface area contributed by atoms with Crippen molar-refractivity contribution in [3.05, 3.63) is 0 Å². The second-order valence-electron chi connectivity index (χ2n) is 3.71. The van der Waals surface area contributed by atoms with Gasteiger partial charge in [0.1, 0.15) is 0 Å². The first-order valence-electron chi connectivity index (χ1n) is 5.01. The van der Waals surface area contributed by atoms with Crippen molar-refractivity contribution in [3.8, 4) is 12.3 Å². The van der Waals surface area contributed by atoms with Crippen molar-refractivity contribution in [1.82, 2.24) is 4.90 Å². The summed E-state index contributed by atoms with van der Waals surface area (Å²) >= 11 is 1.76. The Morgan fingerprint density at radius 3 is 2.86 bits per heavy atom. The molecular weight excluding hydrogens is 194 g/mol. The molecule has 0 aliphatic carbocycles. The van der Waals surface area contributed by atoms with Crippen LogP contribution in [-0.4, -0.2) is 34.4 Å². The predicted molar refractivity (Wildman–Crippen MR) is 61.2 cm³/mol. The molecule has 0 spiro atoms. The maximum atomic E-state index is 12.1. The number of hydrogen-bond acceptors (Lipinski definition) is 2. The number of carbonyl (C=O) groups is 1. The Morgan fingerprint density at radius 1 is 1.71 bits per heavy atom. The topological polar surface area (TPSA) is 20.3 Å². The van der Waals surface area contributed by atoms with E-state index in [0.717, 1.165) is 18.6 Å². The number of terminal acetylenes is 1. The molecular formula is C11H17NOS. The van der Waals surface area contributed by atoms with Gasteiger partial charge in [-0.15, -0.1) is 18.2 Å². The van der Waals surface area contributed by atoms with E-state index in [2.05, 4.69) is 5.92 Å². The minimum Gasteiger partial charge on any atom is -0.331 e. The predicted octanol–water partition coefficient (Wildman–Crippen LogP) is 1.75. The lowest BCUT2D eigenvalue weighted by Gasteiger charge is -2.28. The van der Waals surface area contributed by atoms with E-state index in [9.17, 15) is 4.79 Å². The SMILES string of the molecule is C#CCN(CC)C(=O)C1(C)CCCS1. The van der Waals surface area contributed by atoms with Gasteiger partial charge < -0.3 is 4.90 Å². The fourth-order valence-electron chi connectivity index (χ4n) is 1.72. The van der Waals surface area contributed by atoms with Crippen LogP contribution >= 0.6 is 11.8 Å². The van der Waals surface area contributed by atoms with Gasteiger partial charge in [0, 0.05) is 6.54 Å². The summed E-state index contributed by atoms with van der Waals surface area (Å²) in [6.45, 7) is 5.15. The fourth-order valence-corrected chi connectivity index (χ4v) is 3.00. The molecule has 78 valence electrons. The minimum absolute atomic E-state index is 0.209. The van der Waals surface area contributed by atoms with Crippen molar-refractivity contribution in [2.45, 2.75) is 31.4 Å². The lowest BCUT2D eigenvalue weighted by molar-refractivity contribution is -0.132. The van der Waals surface area contributed by atoms with Gasteiger partial charge in [-0.05, 0) is 32.4 Å². The summed E-state index contributed by atoms with van der Waals surface area (Å²) in [6, 6.07) is 0. The number of nitrogens with zero attached hydrogens (tertiary/aromatic N) is 1. The Labute approximate surface area is 90.4 Å². The number of amides is 1. The molecule has 0 bridgehead atoms. The van der Waals surface area contributed by atoms with E-state index >= 15 is 0 Å². The fraction of sp³-hybridized carbons (Fsp3) is 0.727. The zero-order valence-electron chi connectivity index (χ0n) is 8.88. The van der Waals surface area contributed by atoms with E-state index in [1.54, 1.807) is 16.7 Å². The van der Waals surface area contributed by atoms with Gasteiger partial charge >= 0.3 is 0 Å². The molecule has 0 N–H and O–H groups in total. The maximum Gasteiger partial charge on any atom is 0.239 e. The minimum atomic E-state index is -0.215. The smallest absolute Gasteiger partial charge is 0.239 e. The molecule has 2 nitrogen and oxygen atoms in total. The van der Waals surface area contributed by atoms with Gasteiger partial charge in [-0.2, -0.15) is 0 Å². The second-order valence-corrected chi connectivity index (χ2v) is 5.30. The van der Waals surface area contributed by atoms with Crippen LogP contribution in [0.15, 0.2) is 0 Å². The zero-order valence-corrected chi connectivity index (χ0v) is 9.69. The Bertz CT molecular complexity index is 251. The molecule has 1 heterocycles.